The van der Waals surface area contributed by atoms with Gasteiger partial charge in [-0.25, -0.2) is 9.78 Å². The molecule has 1 N–H and O–H groups in total. The number of nitrogens with zero attached hydrogens (tertiary/aromatic N) is 4. The molecule has 2 aromatic heterocycles. The van der Waals surface area contributed by atoms with Crippen molar-refractivity contribution in [3.8, 4) is 6.07 Å². The summed E-state index contributed by atoms with van der Waals surface area (Å²) in [6, 6.07) is 5.49. The van der Waals surface area contributed by atoms with E-state index in [0.29, 0.717) is 11.5 Å². The summed E-state index contributed by atoms with van der Waals surface area (Å²) in [7, 11) is 1.20. The Morgan fingerprint density at radius 2 is 2.14 bits per heavy atom. The minimum absolute atomic E-state index is 0.227. The molecule has 146 valence electrons. The monoisotopic (exact) mass is 382 g/mol. The van der Waals surface area contributed by atoms with Gasteiger partial charge in [-0.3, -0.25) is 9.20 Å². The Morgan fingerprint density at radius 3 is 2.75 bits per heavy atom. The molecule has 0 aromatic carbocycles. The lowest BCUT2D eigenvalue weighted by Crippen LogP contribution is -3.14. The quantitative estimate of drug-likeness (QED) is 0.448. The molecule has 0 spiro atoms. The summed E-state index contributed by atoms with van der Waals surface area (Å²) in [4.78, 5) is 33.4. The molecule has 1 aliphatic heterocycles. The standard InChI is InChI=1S/C20H23N5O3/c1-4-23-8-10-24(11-9-23)18-16(12-15(13-21)20(27)28-3)19(26)25-7-5-6-14(2)17(25)22-18/h5-7,12H,4,8-11H2,1-3H3/p+1/b15-12-. The minimum atomic E-state index is -0.776. The molecule has 0 aliphatic carbocycles. The summed E-state index contributed by atoms with van der Waals surface area (Å²) in [5, 5.41) is 9.34. The van der Waals surface area contributed by atoms with Gasteiger partial charge in [-0.1, -0.05) is 6.07 Å². The van der Waals surface area contributed by atoms with Crippen LogP contribution >= 0.6 is 0 Å². The number of ether oxygens (including phenoxy) is 1. The van der Waals surface area contributed by atoms with Crippen molar-refractivity contribution in [3.63, 3.8) is 0 Å². The second kappa shape index (κ2) is 8.23. The van der Waals surface area contributed by atoms with Crippen LogP contribution in [-0.2, 0) is 9.53 Å². The van der Waals surface area contributed by atoms with Crippen LogP contribution in [0.5, 0.6) is 0 Å². The number of aryl methyl sites for hydroxylation is 1. The number of piperazine rings is 1. The Kier molecular flexibility index (Phi) is 5.76. The van der Waals surface area contributed by atoms with Crippen LogP contribution in [0.15, 0.2) is 28.7 Å². The van der Waals surface area contributed by atoms with Crippen molar-refractivity contribution in [3.05, 3.63) is 45.4 Å². The molecule has 1 fully saturated rings. The molecule has 8 heteroatoms. The molecule has 28 heavy (non-hydrogen) atoms. The van der Waals surface area contributed by atoms with Gasteiger partial charge in [0.1, 0.15) is 23.1 Å². The number of hydrogen-bond donors (Lipinski definition) is 1. The zero-order valence-corrected chi connectivity index (χ0v) is 16.4. The van der Waals surface area contributed by atoms with Crippen LogP contribution in [0.25, 0.3) is 11.7 Å². The zero-order valence-electron chi connectivity index (χ0n) is 16.4. The number of methoxy groups -OCH3 is 1. The Hall–Kier alpha value is -3.18. The molecule has 3 rings (SSSR count). The summed E-state index contributed by atoms with van der Waals surface area (Å²) < 4.78 is 6.11. The number of hydrogen-bond acceptors (Lipinski definition) is 6. The van der Waals surface area contributed by atoms with Crippen molar-refractivity contribution >= 4 is 23.5 Å². The number of carbonyl (C=O) groups is 1. The van der Waals surface area contributed by atoms with Crippen LogP contribution in [0.1, 0.15) is 18.1 Å². The number of nitriles is 1. The van der Waals surface area contributed by atoms with Crippen molar-refractivity contribution in [2.75, 3.05) is 44.7 Å². The number of nitrogens with one attached hydrogen (secondary N) is 1. The lowest BCUT2D eigenvalue weighted by atomic mass is 10.1. The van der Waals surface area contributed by atoms with Gasteiger partial charge in [0, 0.05) is 6.20 Å². The largest absolute Gasteiger partial charge is 0.465 e. The van der Waals surface area contributed by atoms with E-state index in [1.807, 2.05) is 19.1 Å². The third-order valence-electron chi connectivity index (χ3n) is 5.15. The highest BCUT2D eigenvalue weighted by Gasteiger charge is 2.25. The number of esters is 1. The molecule has 1 aliphatic rings. The average Bonchev–Trinajstić information content (AvgIpc) is 2.73. The minimum Gasteiger partial charge on any atom is -0.465 e. The van der Waals surface area contributed by atoms with Crippen LogP contribution in [0.2, 0.25) is 0 Å². The molecule has 0 unspecified atom stereocenters. The van der Waals surface area contributed by atoms with Gasteiger partial charge < -0.3 is 14.5 Å². The number of likely N-dealkylation sites (N-methyl/N-ethyl adjacent to an activating group) is 1. The SMILES string of the molecule is CC[NH+]1CCN(c2nc3c(C)cccn3c(=O)c2/C=C(/C#N)C(=O)OC)CC1. The number of carbonyl (C=O) groups excluding carboxylic acids is 1. The van der Waals surface area contributed by atoms with Crippen molar-refractivity contribution in [2.45, 2.75) is 13.8 Å². The first-order valence-corrected chi connectivity index (χ1v) is 9.30. The highest BCUT2D eigenvalue weighted by molar-refractivity contribution is 5.98. The van der Waals surface area contributed by atoms with Crippen LogP contribution in [0.4, 0.5) is 5.82 Å². The Morgan fingerprint density at radius 1 is 1.43 bits per heavy atom. The summed E-state index contributed by atoms with van der Waals surface area (Å²) in [6.45, 7) is 8.48. The molecule has 0 radical (unpaired) electrons. The van der Waals surface area contributed by atoms with Crippen molar-refractivity contribution in [1.29, 1.82) is 5.26 Å². The Bertz CT molecular complexity index is 1030. The van der Waals surface area contributed by atoms with Gasteiger partial charge in [0.25, 0.3) is 5.56 Å². The highest BCUT2D eigenvalue weighted by atomic mass is 16.5. The maximum Gasteiger partial charge on any atom is 0.348 e. The fourth-order valence-corrected chi connectivity index (χ4v) is 3.45. The summed E-state index contributed by atoms with van der Waals surface area (Å²) in [6.07, 6.45) is 2.94. The Labute approximate surface area is 163 Å². The van der Waals surface area contributed by atoms with Crippen molar-refractivity contribution < 1.29 is 14.4 Å². The second-order valence-electron chi connectivity index (χ2n) is 6.79. The summed E-state index contributed by atoms with van der Waals surface area (Å²) >= 11 is 0. The van der Waals surface area contributed by atoms with Gasteiger partial charge >= 0.3 is 5.97 Å². The van der Waals surface area contributed by atoms with E-state index < -0.39 is 5.97 Å². The molecule has 1 saturated heterocycles. The summed E-state index contributed by atoms with van der Waals surface area (Å²) in [5.41, 5.74) is 1.13. The average molecular weight is 382 g/mol. The first-order valence-electron chi connectivity index (χ1n) is 9.30. The number of fused-ring (bicyclic) bond motifs is 1. The molecular formula is C20H24N5O3+. The van der Waals surface area contributed by atoms with Crippen LogP contribution in [0.3, 0.4) is 0 Å². The topological polar surface area (TPSA) is 92.1 Å². The number of aromatic nitrogens is 2. The van der Waals surface area contributed by atoms with Crippen molar-refractivity contribution in [1.82, 2.24) is 9.38 Å². The maximum absolute atomic E-state index is 13.2. The molecule has 0 saturated carbocycles. The van der Waals surface area contributed by atoms with E-state index in [9.17, 15) is 14.9 Å². The first kappa shape index (κ1) is 19.6. The molecule has 0 amide bonds. The predicted molar refractivity (Wildman–Crippen MR) is 105 cm³/mol. The lowest BCUT2D eigenvalue weighted by molar-refractivity contribution is -0.898. The third kappa shape index (κ3) is 3.62. The molecular weight excluding hydrogens is 358 g/mol. The van der Waals surface area contributed by atoms with Gasteiger partial charge in [0.05, 0.1) is 45.4 Å². The fraction of sp³-hybridized carbons (Fsp3) is 0.400. The van der Waals surface area contributed by atoms with E-state index in [0.717, 1.165) is 38.3 Å². The van der Waals surface area contributed by atoms with E-state index in [1.54, 1.807) is 12.3 Å². The smallest absolute Gasteiger partial charge is 0.348 e. The van der Waals surface area contributed by atoms with E-state index in [-0.39, 0.29) is 16.7 Å². The summed E-state index contributed by atoms with van der Waals surface area (Å²) in [5.74, 6) is -0.270. The molecule has 0 bridgehead atoms. The van der Waals surface area contributed by atoms with Crippen LogP contribution < -0.4 is 15.4 Å². The molecule has 8 nitrogen and oxygen atoms in total. The van der Waals surface area contributed by atoms with Gasteiger partial charge in [-0.2, -0.15) is 5.26 Å². The van der Waals surface area contributed by atoms with Crippen LogP contribution in [0, 0.1) is 18.3 Å². The first-order chi connectivity index (χ1) is 13.5. The predicted octanol–water partition coefficient (Wildman–Crippen LogP) is -0.192. The second-order valence-corrected chi connectivity index (χ2v) is 6.79. The number of rotatable bonds is 4. The van der Waals surface area contributed by atoms with Crippen molar-refractivity contribution in [2.24, 2.45) is 0 Å². The fourth-order valence-electron chi connectivity index (χ4n) is 3.45. The third-order valence-corrected chi connectivity index (χ3v) is 5.15. The van der Waals surface area contributed by atoms with Gasteiger partial charge in [-0.05, 0) is 31.6 Å². The molecule has 2 aromatic rings. The van der Waals surface area contributed by atoms with Crippen LogP contribution in [-0.4, -0.2) is 55.2 Å². The number of anilines is 1. The lowest BCUT2D eigenvalue weighted by Gasteiger charge is -2.33. The van der Waals surface area contributed by atoms with Gasteiger partial charge in [0.2, 0.25) is 0 Å². The number of pyridine rings is 1. The highest BCUT2D eigenvalue weighted by Crippen LogP contribution is 2.20. The molecule has 0 atom stereocenters. The zero-order chi connectivity index (χ0) is 20.3. The van der Waals surface area contributed by atoms with E-state index in [2.05, 4.69) is 16.6 Å². The maximum atomic E-state index is 13.2. The van der Waals surface area contributed by atoms with Gasteiger partial charge in [-0.15, -0.1) is 0 Å². The van der Waals surface area contributed by atoms with E-state index in [1.165, 1.54) is 22.5 Å². The van der Waals surface area contributed by atoms with E-state index in [4.69, 9.17) is 4.98 Å². The van der Waals surface area contributed by atoms with E-state index >= 15 is 0 Å². The normalized spacial score (nSPS) is 15.5. The Balaban J connectivity index is 2.21. The van der Waals surface area contributed by atoms with Gasteiger partial charge in [0.15, 0.2) is 0 Å². The number of quaternary nitrogens is 1. The molecule has 3 heterocycles.